The molecule has 0 radical (unpaired) electrons. The Hall–Kier alpha value is -2.64. The molecule has 3 rings (SSSR count). The highest BCUT2D eigenvalue weighted by molar-refractivity contribution is 8.26. The molecule has 1 aliphatic rings. The molecule has 138 valence electrons. The molecular formula is C20H17NO4S2. The van der Waals surface area contributed by atoms with Gasteiger partial charge < -0.3 is 9.47 Å². The summed E-state index contributed by atoms with van der Waals surface area (Å²) in [6.45, 7) is 0.317. The van der Waals surface area contributed by atoms with E-state index in [0.29, 0.717) is 15.8 Å². The molecule has 0 aromatic heterocycles. The summed E-state index contributed by atoms with van der Waals surface area (Å²) in [6, 6.07) is 17.4. The van der Waals surface area contributed by atoms with Crippen LogP contribution in [0.4, 0.5) is 0 Å². The number of carbonyl (C=O) groups is 2. The molecular weight excluding hydrogens is 382 g/mol. The van der Waals surface area contributed by atoms with Crippen molar-refractivity contribution in [3.05, 3.63) is 70.6 Å². The van der Waals surface area contributed by atoms with Gasteiger partial charge in [0.1, 0.15) is 23.2 Å². The zero-order chi connectivity index (χ0) is 19.2. The molecule has 0 N–H and O–H groups in total. The van der Waals surface area contributed by atoms with Crippen LogP contribution in [-0.2, 0) is 20.9 Å². The predicted molar refractivity (Wildman–Crippen MR) is 109 cm³/mol. The molecule has 0 saturated carbocycles. The van der Waals surface area contributed by atoms with Crippen LogP contribution in [0, 0.1) is 0 Å². The van der Waals surface area contributed by atoms with Crippen LogP contribution in [-0.4, -0.2) is 34.8 Å². The van der Waals surface area contributed by atoms with Crippen molar-refractivity contribution in [3.63, 3.8) is 0 Å². The van der Waals surface area contributed by atoms with Gasteiger partial charge in [0.05, 0.1) is 12.0 Å². The van der Waals surface area contributed by atoms with E-state index in [0.717, 1.165) is 16.9 Å². The van der Waals surface area contributed by atoms with Gasteiger partial charge in [-0.3, -0.25) is 14.5 Å². The van der Waals surface area contributed by atoms with E-state index >= 15 is 0 Å². The van der Waals surface area contributed by atoms with E-state index in [1.807, 2.05) is 54.6 Å². The Balaban J connectivity index is 1.64. The smallest absolute Gasteiger partial charge is 0.325 e. The Bertz CT molecular complexity index is 879. The maximum Gasteiger partial charge on any atom is 0.325 e. The van der Waals surface area contributed by atoms with Crippen molar-refractivity contribution >= 4 is 46.3 Å². The Labute approximate surface area is 167 Å². The molecule has 27 heavy (non-hydrogen) atoms. The number of hydrogen-bond acceptors (Lipinski definition) is 6. The van der Waals surface area contributed by atoms with Gasteiger partial charge in [0.25, 0.3) is 5.91 Å². The highest BCUT2D eigenvalue weighted by Crippen LogP contribution is 2.32. The number of methoxy groups -OCH3 is 1. The van der Waals surface area contributed by atoms with Gasteiger partial charge >= 0.3 is 5.97 Å². The summed E-state index contributed by atoms with van der Waals surface area (Å²) in [7, 11) is 1.28. The first-order valence-electron chi connectivity index (χ1n) is 8.16. The number of carbonyl (C=O) groups excluding carboxylic acids is 2. The SMILES string of the molecule is COC(=O)CN1C(=O)C(=Cc2ccc(OCc3ccccc3)cc2)SC1=S. The summed E-state index contributed by atoms with van der Waals surface area (Å²) < 4.78 is 10.7. The van der Waals surface area contributed by atoms with Crippen molar-refractivity contribution in [3.8, 4) is 5.75 Å². The molecule has 1 amide bonds. The molecule has 0 aliphatic carbocycles. The molecule has 1 fully saturated rings. The van der Waals surface area contributed by atoms with Crippen LogP contribution in [0.15, 0.2) is 59.5 Å². The molecule has 1 heterocycles. The molecule has 1 aliphatic heterocycles. The lowest BCUT2D eigenvalue weighted by Crippen LogP contribution is -2.33. The summed E-state index contributed by atoms with van der Waals surface area (Å²) in [5, 5.41) is 0. The first kappa shape index (κ1) is 19.1. The van der Waals surface area contributed by atoms with Crippen molar-refractivity contribution in [2.45, 2.75) is 6.61 Å². The van der Waals surface area contributed by atoms with Gasteiger partial charge in [0, 0.05) is 0 Å². The van der Waals surface area contributed by atoms with Crippen molar-refractivity contribution in [2.24, 2.45) is 0 Å². The van der Waals surface area contributed by atoms with Gasteiger partial charge in [0.2, 0.25) is 0 Å². The average Bonchev–Trinajstić information content (AvgIpc) is 2.95. The van der Waals surface area contributed by atoms with Crippen LogP contribution in [0.2, 0.25) is 0 Å². The number of esters is 1. The monoisotopic (exact) mass is 399 g/mol. The number of thiocarbonyl (C=S) groups is 1. The lowest BCUT2D eigenvalue weighted by Gasteiger charge is -2.11. The summed E-state index contributed by atoms with van der Waals surface area (Å²) >= 11 is 6.35. The van der Waals surface area contributed by atoms with Crippen LogP contribution in [0.25, 0.3) is 6.08 Å². The first-order chi connectivity index (χ1) is 13.1. The fourth-order valence-electron chi connectivity index (χ4n) is 2.38. The number of benzene rings is 2. The third-order valence-corrected chi connectivity index (χ3v) is 5.19. The fourth-order valence-corrected chi connectivity index (χ4v) is 3.64. The molecule has 1 saturated heterocycles. The minimum absolute atomic E-state index is 0.176. The molecule has 0 spiro atoms. The topological polar surface area (TPSA) is 55.8 Å². The van der Waals surface area contributed by atoms with Crippen LogP contribution in [0.1, 0.15) is 11.1 Å². The molecule has 5 nitrogen and oxygen atoms in total. The van der Waals surface area contributed by atoms with Gasteiger partial charge in [-0.05, 0) is 29.3 Å². The molecule has 0 bridgehead atoms. The number of hydrogen-bond donors (Lipinski definition) is 0. The van der Waals surface area contributed by atoms with E-state index in [9.17, 15) is 9.59 Å². The largest absolute Gasteiger partial charge is 0.489 e. The van der Waals surface area contributed by atoms with Gasteiger partial charge in [-0.1, -0.05) is 66.4 Å². The Morgan fingerprint density at radius 2 is 1.85 bits per heavy atom. The average molecular weight is 399 g/mol. The molecule has 2 aromatic carbocycles. The van der Waals surface area contributed by atoms with Crippen LogP contribution in [0.3, 0.4) is 0 Å². The van der Waals surface area contributed by atoms with E-state index in [1.54, 1.807) is 6.08 Å². The molecule has 0 unspecified atom stereocenters. The van der Waals surface area contributed by atoms with Crippen molar-refractivity contribution in [1.29, 1.82) is 0 Å². The van der Waals surface area contributed by atoms with Crippen LogP contribution >= 0.6 is 24.0 Å². The Morgan fingerprint density at radius 1 is 1.15 bits per heavy atom. The minimum Gasteiger partial charge on any atom is -0.489 e. The Morgan fingerprint density at radius 3 is 2.52 bits per heavy atom. The fraction of sp³-hybridized carbons (Fsp3) is 0.150. The summed E-state index contributed by atoms with van der Waals surface area (Å²) in [6.07, 6.45) is 1.75. The quantitative estimate of drug-likeness (QED) is 0.420. The van der Waals surface area contributed by atoms with Crippen molar-refractivity contribution in [2.75, 3.05) is 13.7 Å². The third kappa shape index (κ3) is 4.96. The summed E-state index contributed by atoms with van der Waals surface area (Å²) in [5.41, 5.74) is 1.94. The van der Waals surface area contributed by atoms with E-state index < -0.39 is 5.97 Å². The third-order valence-electron chi connectivity index (χ3n) is 3.81. The number of nitrogens with zero attached hydrogens (tertiary/aromatic N) is 1. The van der Waals surface area contributed by atoms with Gasteiger partial charge in [-0.15, -0.1) is 0 Å². The normalized spacial score (nSPS) is 15.3. The maximum absolute atomic E-state index is 12.4. The van der Waals surface area contributed by atoms with Crippen molar-refractivity contribution < 1.29 is 19.1 Å². The highest BCUT2D eigenvalue weighted by atomic mass is 32.2. The van der Waals surface area contributed by atoms with E-state index in [2.05, 4.69) is 4.74 Å². The number of thioether (sulfide) groups is 1. The highest BCUT2D eigenvalue weighted by Gasteiger charge is 2.33. The first-order valence-corrected chi connectivity index (χ1v) is 9.38. The molecule has 7 heteroatoms. The van der Waals surface area contributed by atoms with Gasteiger partial charge in [-0.2, -0.15) is 0 Å². The van der Waals surface area contributed by atoms with Crippen LogP contribution in [0.5, 0.6) is 5.75 Å². The molecule has 0 atom stereocenters. The lowest BCUT2D eigenvalue weighted by atomic mass is 10.2. The zero-order valence-electron chi connectivity index (χ0n) is 14.6. The summed E-state index contributed by atoms with van der Waals surface area (Å²) in [5.74, 6) is -0.0542. The number of rotatable bonds is 6. The maximum atomic E-state index is 12.4. The van der Waals surface area contributed by atoms with Crippen LogP contribution < -0.4 is 4.74 Å². The van der Waals surface area contributed by atoms with Gasteiger partial charge in [-0.25, -0.2) is 0 Å². The Kier molecular flexibility index (Phi) is 6.26. The standard InChI is InChI=1S/C20H17NO4S2/c1-24-18(22)12-21-19(23)17(27-20(21)26)11-14-7-9-16(10-8-14)25-13-15-5-3-2-4-6-15/h2-11H,12-13H2,1H3. The summed E-state index contributed by atoms with van der Waals surface area (Å²) in [4.78, 5) is 25.5. The second-order valence-corrected chi connectivity index (χ2v) is 7.36. The van der Waals surface area contributed by atoms with E-state index in [-0.39, 0.29) is 12.5 Å². The zero-order valence-corrected chi connectivity index (χ0v) is 16.2. The van der Waals surface area contributed by atoms with E-state index in [1.165, 1.54) is 23.8 Å². The van der Waals surface area contributed by atoms with Crippen molar-refractivity contribution in [1.82, 2.24) is 4.90 Å². The predicted octanol–water partition coefficient (Wildman–Crippen LogP) is 3.64. The number of amides is 1. The lowest BCUT2D eigenvalue weighted by molar-refractivity contribution is -0.143. The minimum atomic E-state index is -0.507. The number of ether oxygens (including phenoxy) is 2. The van der Waals surface area contributed by atoms with Gasteiger partial charge in [0.15, 0.2) is 0 Å². The second-order valence-electron chi connectivity index (χ2n) is 5.69. The molecule has 2 aromatic rings. The second kappa shape index (κ2) is 8.83. The van der Waals surface area contributed by atoms with E-state index in [4.69, 9.17) is 17.0 Å².